The molecule has 9 nitrogen and oxygen atoms in total. The Morgan fingerprint density at radius 3 is 2.76 bits per heavy atom. The zero-order valence-electron chi connectivity index (χ0n) is 13.9. The van der Waals surface area contributed by atoms with Crippen LogP contribution in [-0.2, 0) is 9.59 Å². The van der Waals surface area contributed by atoms with Gasteiger partial charge in [-0.25, -0.2) is 0 Å². The number of anilines is 1. The Balaban J connectivity index is 1.72. The van der Waals surface area contributed by atoms with Gasteiger partial charge in [0.1, 0.15) is 6.04 Å². The molecule has 0 unspecified atom stereocenters. The van der Waals surface area contributed by atoms with Crippen molar-refractivity contribution in [1.29, 1.82) is 0 Å². The van der Waals surface area contributed by atoms with Gasteiger partial charge in [0.05, 0.1) is 11.6 Å². The molecular formula is C16H20N6O3. The monoisotopic (exact) mass is 344 g/mol. The van der Waals surface area contributed by atoms with Gasteiger partial charge in [-0.2, -0.15) is 4.68 Å². The fourth-order valence-electron chi connectivity index (χ4n) is 2.90. The fourth-order valence-corrected chi connectivity index (χ4v) is 2.90. The van der Waals surface area contributed by atoms with Gasteiger partial charge in [0.15, 0.2) is 0 Å². The number of nitrogens with zero attached hydrogens (tertiary/aromatic N) is 5. The molecule has 2 aromatic rings. The highest BCUT2D eigenvalue weighted by atomic mass is 16.4. The summed E-state index contributed by atoms with van der Waals surface area (Å²) in [5, 5.41) is 23.8. The summed E-state index contributed by atoms with van der Waals surface area (Å²) < 4.78 is 1.53. The molecule has 0 saturated carbocycles. The molecule has 2 N–H and O–H groups in total. The molecule has 1 fully saturated rings. The number of nitrogens with one attached hydrogen (secondary N) is 1. The van der Waals surface area contributed by atoms with Crippen molar-refractivity contribution in [2.75, 3.05) is 18.4 Å². The van der Waals surface area contributed by atoms with Crippen LogP contribution in [0, 0.1) is 5.92 Å². The van der Waals surface area contributed by atoms with Gasteiger partial charge >= 0.3 is 5.97 Å². The summed E-state index contributed by atoms with van der Waals surface area (Å²) in [7, 11) is 0. The third-order valence-corrected chi connectivity index (χ3v) is 4.33. The lowest BCUT2D eigenvalue weighted by atomic mass is 10.1. The Hall–Kier alpha value is -2.97. The molecule has 1 aliphatic heterocycles. The van der Waals surface area contributed by atoms with E-state index in [2.05, 4.69) is 20.8 Å². The van der Waals surface area contributed by atoms with Crippen LogP contribution in [0.2, 0.25) is 0 Å². The second kappa shape index (κ2) is 7.29. The van der Waals surface area contributed by atoms with Gasteiger partial charge < -0.3 is 15.3 Å². The van der Waals surface area contributed by atoms with E-state index >= 15 is 0 Å². The van der Waals surface area contributed by atoms with Crippen LogP contribution in [0.5, 0.6) is 0 Å². The summed E-state index contributed by atoms with van der Waals surface area (Å²) in [5.74, 6) is -1.10. The molecule has 0 bridgehead atoms. The molecular weight excluding hydrogens is 324 g/mol. The quantitative estimate of drug-likeness (QED) is 0.796. The van der Waals surface area contributed by atoms with Crippen LogP contribution in [0.1, 0.15) is 19.8 Å². The van der Waals surface area contributed by atoms with E-state index in [4.69, 9.17) is 5.11 Å². The van der Waals surface area contributed by atoms with Crippen LogP contribution in [0.15, 0.2) is 30.3 Å². The number of tetrazole rings is 1. The standard InChI is InChI=1S/C16H20N6O3/c1-2-13(14(23)21-9-8-11(10-21)15(24)25)17-16-18-19-20-22(16)12-6-4-3-5-7-12/h3-7,11,13H,2,8-10H2,1H3,(H,24,25)(H,17,18,20)/t11-,13+/m1/s1. The second-order valence-electron chi connectivity index (χ2n) is 5.96. The van der Waals surface area contributed by atoms with Crippen molar-refractivity contribution >= 4 is 17.8 Å². The Morgan fingerprint density at radius 2 is 2.12 bits per heavy atom. The zero-order valence-corrected chi connectivity index (χ0v) is 13.9. The summed E-state index contributed by atoms with van der Waals surface area (Å²) in [6, 6.07) is 8.86. The minimum atomic E-state index is -0.857. The zero-order chi connectivity index (χ0) is 17.8. The third-order valence-electron chi connectivity index (χ3n) is 4.33. The number of hydrogen-bond donors (Lipinski definition) is 2. The van der Waals surface area contributed by atoms with Gasteiger partial charge in [0.2, 0.25) is 11.9 Å². The molecule has 1 aromatic carbocycles. The minimum Gasteiger partial charge on any atom is -0.481 e. The lowest BCUT2D eigenvalue weighted by Crippen LogP contribution is -2.42. The molecule has 1 amide bonds. The van der Waals surface area contributed by atoms with Gasteiger partial charge in [0, 0.05) is 13.1 Å². The average Bonchev–Trinajstić information content (AvgIpc) is 3.29. The highest BCUT2D eigenvalue weighted by Crippen LogP contribution is 2.19. The van der Waals surface area contributed by atoms with E-state index in [-0.39, 0.29) is 12.5 Å². The number of carbonyl (C=O) groups excluding carboxylic acids is 1. The Bertz CT molecular complexity index is 747. The van der Waals surface area contributed by atoms with Gasteiger partial charge in [-0.05, 0) is 35.4 Å². The molecule has 132 valence electrons. The van der Waals surface area contributed by atoms with Gasteiger partial charge in [0.25, 0.3) is 0 Å². The van der Waals surface area contributed by atoms with E-state index in [1.54, 1.807) is 4.90 Å². The number of aliphatic carboxylic acids is 1. The first kappa shape index (κ1) is 16.9. The Morgan fingerprint density at radius 1 is 1.36 bits per heavy atom. The summed E-state index contributed by atoms with van der Waals surface area (Å²) in [6.45, 7) is 2.59. The summed E-state index contributed by atoms with van der Waals surface area (Å²) in [5.41, 5.74) is 0.782. The number of carboxylic acids is 1. The maximum atomic E-state index is 12.7. The van der Waals surface area contributed by atoms with Crippen LogP contribution in [0.25, 0.3) is 5.69 Å². The number of carboxylic acid groups (broad SMARTS) is 1. The predicted molar refractivity (Wildman–Crippen MR) is 89.2 cm³/mol. The van der Waals surface area contributed by atoms with Crippen LogP contribution >= 0.6 is 0 Å². The number of likely N-dealkylation sites (tertiary alicyclic amines) is 1. The smallest absolute Gasteiger partial charge is 0.308 e. The topological polar surface area (TPSA) is 113 Å². The molecule has 25 heavy (non-hydrogen) atoms. The molecule has 0 spiro atoms. The highest BCUT2D eigenvalue weighted by Gasteiger charge is 2.34. The number of carbonyl (C=O) groups is 2. The van der Waals surface area contributed by atoms with E-state index in [0.29, 0.717) is 25.3 Å². The first-order chi connectivity index (χ1) is 12.1. The number of aromatic nitrogens is 4. The van der Waals surface area contributed by atoms with E-state index in [0.717, 1.165) is 5.69 Å². The molecule has 2 atom stereocenters. The van der Waals surface area contributed by atoms with Crippen LogP contribution in [0.4, 0.5) is 5.95 Å². The van der Waals surface area contributed by atoms with Crippen molar-refractivity contribution in [3.05, 3.63) is 30.3 Å². The van der Waals surface area contributed by atoms with E-state index in [1.165, 1.54) is 4.68 Å². The van der Waals surface area contributed by atoms with E-state index < -0.39 is 17.9 Å². The first-order valence-electron chi connectivity index (χ1n) is 8.22. The molecule has 1 aliphatic rings. The van der Waals surface area contributed by atoms with Gasteiger partial charge in [-0.15, -0.1) is 0 Å². The lowest BCUT2D eigenvalue weighted by molar-refractivity contribution is -0.141. The van der Waals surface area contributed by atoms with Gasteiger partial charge in [-0.3, -0.25) is 9.59 Å². The minimum absolute atomic E-state index is 0.131. The van der Waals surface area contributed by atoms with Crippen molar-refractivity contribution in [1.82, 2.24) is 25.1 Å². The Labute approximate surface area is 144 Å². The van der Waals surface area contributed by atoms with Gasteiger partial charge in [-0.1, -0.05) is 30.2 Å². The van der Waals surface area contributed by atoms with E-state index in [1.807, 2.05) is 37.3 Å². The molecule has 2 heterocycles. The maximum Gasteiger partial charge on any atom is 0.308 e. The molecule has 1 aromatic heterocycles. The predicted octanol–water partition coefficient (Wildman–Crippen LogP) is 0.786. The average molecular weight is 344 g/mol. The Kier molecular flexibility index (Phi) is 4.92. The molecule has 1 saturated heterocycles. The molecule has 0 radical (unpaired) electrons. The summed E-state index contributed by atoms with van der Waals surface area (Å²) in [4.78, 5) is 25.4. The molecule has 0 aliphatic carbocycles. The maximum absolute atomic E-state index is 12.7. The number of rotatable bonds is 6. The molecule has 9 heteroatoms. The number of para-hydroxylation sites is 1. The van der Waals surface area contributed by atoms with Crippen molar-refractivity contribution in [2.24, 2.45) is 5.92 Å². The fraction of sp³-hybridized carbons (Fsp3) is 0.438. The van der Waals surface area contributed by atoms with Crippen LogP contribution < -0.4 is 5.32 Å². The third kappa shape index (κ3) is 3.59. The number of hydrogen-bond acceptors (Lipinski definition) is 6. The van der Waals surface area contributed by atoms with Crippen molar-refractivity contribution in [2.45, 2.75) is 25.8 Å². The van der Waals surface area contributed by atoms with Crippen molar-refractivity contribution in [3.8, 4) is 5.69 Å². The van der Waals surface area contributed by atoms with Crippen LogP contribution in [0.3, 0.4) is 0 Å². The van der Waals surface area contributed by atoms with Crippen molar-refractivity contribution < 1.29 is 14.7 Å². The summed E-state index contributed by atoms with van der Waals surface area (Å²) in [6.07, 6.45) is 1.02. The number of benzene rings is 1. The summed E-state index contributed by atoms with van der Waals surface area (Å²) >= 11 is 0. The second-order valence-corrected chi connectivity index (χ2v) is 5.96. The lowest BCUT2D eigenvalue weighted by Gasteiger charge is -2.23. The highest BCUT2D eigenvalue weighted by molar-refractivity contribution is 5.85. The number of amides is 1. The van der Waals surface area contributed by atoms with E-state index in [9.17, 15) is 9.59 Å². The normalized spacial score (nSPS) is 18.1. The van der Waals surface area contributed by atoms with Crippen molar-refractivity contribution in [3.63, 3.8) is 0 Å². The molecule has 3 rings (SSSR count). The largest absolute Gasteiger partial charge is 0.481 e. The first-order valence-corrected chi connectivity index (χ1v) is 8.22. The van der Waals surface area contributed by atoms with Crippen LogP contribution in [-0.4, -0.2) is 61.2 Å². The SMILES string of the molecule is CC[C@H](Nc1nnnn1-c1ccccc1)C(=O)N1CC[C@@H](C(=O)O)C1.